The van der Waals surface area contributed by atoms with Crippen LogP contribution in [0.4, 0.5) is 0 Å². The van der Waals surface area contributed by atoms with Crippen molar-refractivity contribution in [2.45, 2.75) is 0 Å². The molecule has 0 saturated carbocycles. The molecule has 5 nitrogen and oxygen atoms in total. The zero-order valence-corrected chi connectivity index (χ0v) is 5.87. The molecule has 0 atom stereocenters. The summed E-state index contributed by atoms with van der Waals surface area (Å²) in [6.45, 7) is 0. The zero-order valence-electron chi connectivity index (χ0n) is 5.87. The summed E-state index contributed by atoms with van der Waals surface area (Å²) in [5.41, 5.74) is 0.00463. The average Bonchev–Trinajstić information content (AvgIpc) is 1.99. The van der Waals surface area contributed by atoms with Gasteiger partial charge in [-0.1, -0.05) is 0 Å². The van der Waals surface area contributed by atoms with Crippen LogP contribution in [0.25, 0.3) is 0 Å². The Kier molecular flexibility index (Phi) is 3.86. The quantitative estimate of drug-likeness (QED) is 0.237. The molecule has 0 aliphatic carbocycles. The van der Waals surface area contributed by atoms with Crippen LogP contribution in [-0.4, -0.2) is 32.1 Å². The number of ether oxygens (including phenoxy) is 1. The summed E-state index contributed by atoms with van der Waals surface area (Å²) >= 11 is 0. The molecule has 0 rings (SSSR count). The molecular weight excluding hydrogens is 134 g/mol. The van der Waals surface area contributed by atoms with Crippen LogP contribution in [0.2, 0.25) is 0 Å². The van der Waals surface area contributed by atoms with Gasteiger partial charge in [-0.15, -0.1) is 0 Å². The fraction of sp³-hybridized carbons (Fsp3) is 0.400. The van der Waals surface area contributed by atoms with Crippen molar-refractivity contribution in [3.05, 3.63) is 0 Å². The summed E-state index contributed by atoms with van der Waals surface area (Å²) in [5.74, 6) is 4.24. The molecule has 0 fully saturated rings. The summed E-state index contributed by atoms with van der Waals surface area (Å²) in [5, 5.41) is 3.14. The standard InChI is InChI=1S/C5H9N3O2/c1-7-3-4(8-6)5(9)10-2/h3H,6H2,1-2H3. The molecule has 0 amide bonds. The van der Waals surface area contributed by atoms with Gasteiger partial charge in [0.1, 0.15) is 0 Å². The fourth-order valence-corrected chi connectivity index (χ4v) is 0.366. The van der Waals surface area contributed by atoms with Crippen LogP contribution in [0.5, 0.6) is 0 Å². The van der Waals surface area contributed by atoms with Crippen LogP contribution in [-0.2, 0) is 9.53 Å². The third-order valence-corrected chi connectivity index (χ3v) is 0.785. The van der Waals surface area contributed by atoms with Gasteiger partial charge >= 0.3 is 5.97 Å². The largest absolute Gasteiger partial charge is 0.464 e. The Morgan fingerprint density at radius 1 is 1.70 bits per heavy atom. The van der Waals surface area contributed by atoms with Crippen molar-refractivity contribution in [2.75, 3.05) is 14.2 Å². The van der Waals surface area contributed by atoms with Crippen molar-refractivity contribution in [1.82, 2.24) is 0 Å². The molecule has 0 spiro atoms. The Hall–Kier alpha value is -1.39. The third kappa shape index (κ3) is 2.25. The van der Waals surface area contributed by atoms with E-state index in [0.29, 0.717) is 0 Å². The summed E-state index contributed by atoms with van der Waals surface area (Å²) < 4.78 is 4.31. The monoisotopic (exact) mass is 143 g/mol. The number of hydrogen-bond acceptors (Lipinski definition) is 5. The second-order valence-electron chi connectivity index (χ2n) is 1.39. The molecule has 0 aliphatic heterocycles. The molecule has 0 aromatic carbocycles. The number of carbonyl (C=O) groups is 1. The lowest BCUT2D eigenvalue weighted by Crippen LogP contribution is -2.18. The van der Waals surface area contributed by atoms with E-state index in [2.05, 4.69) is 14.8 Å². The van der Waals surface area contributed by atoms with Crippen molar-refractivity contribution in [3.63, 3.8) is 0 Å². The summed E-state index contributed by atoms with van der Waals surface area (Å²) in [6, 6.07) is 0. The minimum Gasteiger partial charge on any atom is -0.464 e. The number of hydrazone groups is 1. The molecule has 0 heterocycles. The molecule has 0 radical (unpaired) electrons. The van der Waals surface area contributed by atoms with Crippen molar-refractivity contribution in [1.29, 1.82) is 0 Å². The van der Waals surface area contributed by atoms with Gasteiger partial charge in [-0.3, -0.25) is 4.99 Å². The van der Waals surface area contributed by atoms with E-state index in [4.69, 9.17) is 5.84 Å². The minimum atomic E-state index is -0.590. The van der Waals surface area contributed by atoms with Crippen molar-refractivity contribution in [2.24, 2.45) is 15.9 Å². The molecular formula is C5H9N3O2. The number of nitrogens with two attached hydrogens (primary N) is 1. The predicted molar refractivity (Wildman–Crippen MR) is 38.1 cm³/mol. The topological polar surface area (TPSA) is 77.0 Å². The number of methoxy groups -OCH3 is 1. The summed E-state index contributed by atoms with van der Waals surface area (Å²) in [7, 11) is 2.76. The number of carbonyl (C=O) groups excluding carboxylic acids is 1. The van der Waals surface area contributed by atoms with Gasteiger partial charge in [0, 0.05) is 7.05 Å². The Morgan fingerprint density at radius 3 is 2.60 bits per heavy atom. The van der Waals surface area contributed by atoms with E-state index in [0.717, 1.165) is 0 Å². The van der Waals surface area contributed by atoms with E-state index in [1.54, 1.807) is 0 Å². The average molecular weight is 143 g/mol. The van der Waals surface area contributed by atoms with Gasteiger partial charge in [0.25, 0.3) is 0 Å². The van der Waals surface area contributed by atoms with Crippen LogP contribution < -0.4 is 5.84 Å². The van der Waals surface area contributed by atoms with Crippen LogP contribution in [0, 0.1) is 0 Å². The first-order valence-corrected chi connectivity index (χ1v) is 2.54. The second-order valence-corrected chi connectivity index (χ2v) is 1.39. The number of rotatable bonds is 2. The van der Waals surface area contributed by atoms with E-state index < -0.39 is 5.97 Å². The highest BCUT2D eigenvalue weighted by molar-refractivity contribution is 6.59. The lowest BCUT2D eigenvalue weighted by molar-refractivity contribution is -0.132. The Morgan fingerprint density at radius 2 is 2.30 bits per heavy atom. The van der Waals surface area contributed by atoms with E-state index in [1.807, 2.05) is 0 Å². The normalized spacial score (nSPS) is 12.0. The summed E-state index contributed by atoms with van der Waals surface area (Å²) in [4.78, 5) is 14.1. The molecule has 0 bridgehead atoms. The Bertz CT molecular complexity index is 174. The van der Waals surface area contributed by atoms with Gasteiger partial charge in [0.2, 0.25) is 0 Å². The molecule has 5 heteroatoms. The van der Waals surface area contributed by atoms with Gasteiger partial charge in [0.05, 0.1) is 13.3 Å². The second kappa shape index (κ2) is 4.49. The van der Waals surface area contributed by atoms with Crippen LogP contribution in [0.1, 0.15) is 0 Å². The highest BCUT2D eigenvalue weighted by Crippen LogP contribution is 1.76. The van der Waals surface area contributed by atoms with E-state index in [-0.39, 0.29) is 5.71 Å². The van der Waals surface area contributed by atoms with Gasteiger partial charge in [-0.05, 0) is 0 Å². The molecule has 0 aromatic heterocycles. The van der Waals surface area contributed by atoms with Crippen molar-refractivity contribution >= 4 is 17.9 Å². The first kappa shape index (κ1) is 8.61. The third-order valence-electron chi connectivity index (χ3n) is 0.785. The van der Waals surface area contributed by atoms with E-state index in [9.17, 15) is 4.79 Å². The predicted octanol–water partition coefficient (Wildman–Crippen LogP) is -0.825. The maximum atomic E-state index is 10.6. The number of esters is 1. The highest BCUT2D eigenvalue weighted by Gasteiger charge is 2.06. The van der Waals surface area contributed by atoms with Crippen LogP contribution in [0.15, 0.2) is 10.1 Å². The fourth-order valence-electron chi connectivity index (χ4n) is 0.366. The number of aliphatic imine (C=N–C) groups is 1. The maximum Gasteiger partial charge on any atom is 0.360 e. The van der Waals surface area contributed by atoms with Crippen molar-refractivity contribution in [3.8, 4) is 0 Å². The molecule has 0 saturated heterocycles. The first-order valence-electron chi connectivity index (χ1n) is 2.54. The molecule has 56 valence electrons. The molecule has 10 heavy (non-hydrogen) atoms. The smallest absolute Gasteiger partial charge is 0.360 e. The molecule has 0 unspecified atom stereocenters. The van der Waals surface area contributed by atoms with Gasteiger partial charge in [0.15, 0.2) is 5.71 Å². The molecule has 0 aliphatic rings. The molecule has 0 aromatic rings. The van der Waals surface area contributed by atoms with E-state index in [1.165, 1.54) is 20.4 Å². The summed E-state index contributed by atoms with van der Waals surface area (Å²) in [6.07, 6.45) is 1.23. The van der Waals surface area contributed by atoms with Crippen LogP contribution in [0.3, 0.4) is 0 Å². The first-order chi connectivity index (χ1) is 4.76. The molecule has 2 N–H and O–H groups in total. The minimum absolute atomic E-state index is 0.00463. The number of nitrogens with zero attached hydrogens (tertiary/aromatic N) is 2. The lowest BCUT2D eigenvalue weighted by atomic mass is 10.4. The maximum absolute atomic E-state index is 10.6. The SMILES string of the molecule is CN=CC(=NN)C(=O)OC. The lowest BCUT2D eigenvalue weighted by Gasteiger charge is -1.93. The van der Waals surface area contributed by atoms with Crippen molar-refractivity contribution < 1.29 is 9.53 Å². The van der Waals surface area contributed by atoms with Gasteiger partial charge in [-0.25, -0.2) is 4.79 Å². The van der Waals surface area contributed by atoms with Gasteiger partial charge in [-0.2, -0.15) is 5.10 Å². The van der Waals surface area contributed by atoms with Gasteiger partial charge < -0.3 is 10.6 Å². The Labute approximate surface area is 58.6 Å². The number of hydrogen-bond donors (Lipinski definition) is 1. The zero-order chi connectivity index (χ0) is 7.98. The van der Waals surface area contributed by atoms with E-state index >= 15 is 0 Å². The Balaban J connectivity index is 4.23. The highest BCUT2D eigenvalue weighted by atomic mass is 16.5. The van der Waals surface area contributed by atoms with Crippen LogP contribution >= 0.6 is 0 Å².